The minimum Gasteiger partial charge on any atom is -0.493 e. The first-order valence-corrected chi connectivity index (χ1v) is 10.5. The Labute approximate surface area is 196 Å². The van der Waals surface area contributed by atoms with Crippen LogP contribution in [0.4, 0.5) is 0 Å². The van der Waals surface area contributed by atoms with Gasteiger partial charge in [-0.1, -0.05) is 35.9 Å². The number of rotatable bonds is 5. The van der Waals surface area contributed by atoms with E-state index < -0.39 is 5.92 Å². The third-order valence-electron chi connectivity index (χ3n) is 5.69. The zero-order chi connectivity index (χ0) is 23.7. The second-order valence-corrected chi connectivity index (χ2v) is 8.00. The zero-order valence-electron chi connectivity index (χ0n) is 18.4. The summed E-state index contributed by atoms with van der Waals surface area (Å²) in [4.78, 5) is 13.8. The van der Waals surface area contributed by atoms with E-state index in [1.165, 1.54) is 0 Å². The molecule has 0 saturated carbocycles. The van der Waals surface area contributed by atoms with E-state index in [0.717, 1.165) is 5.56 Å². The van der Waals surface area contributed by atoms with Gasteiger partial charge in [0.05, 0.1) is 32.2 Å². The van der Waals surface area contributed by atoms with E-state index in [0.29, 0.717) is 39.1 Å². The summed E-state index contributed by atoms with van der Waals surface area (Å²) in [5.41, 5.74) is 8.38. The van der Waals surface area contributed by atoms with Crippen molar-refractivity contribution in [2.24, 2.45) is 5.73 Å². The standard InChI is InChI=1S/C25H22ClN3O4/c1-14-10-21-23(22(17(12-27)24(28)33-21)16-6-4-5-7-18(16)26)25(30)29(14)13-15-8-9-19(31-2)20(11-15)32-3/h4-11,22H,13,28H2,1-3H3. The molecule has 0 amide bonds. The van der Waals surface area contributed by atoms with Gasteiger partial charge in [0, 0.05) is 16.8 Å². The first-order valence-electron chi connectivity index (χ1n) is 10.2. The van der Waals surface area contributed by atoms with Gasteiger partial charge in [-0.05, 0) is 36.2 Å². The summed E-state index contributed by atoms with van der Waals surface area (Å²) in [6.45, 7) is 2.10. The Morgan fingerprint density at radius 2 is 1.88 bits per heavy atom. The van der Waals surface area contributed by atoms with Crippen LogP contribution in [0.1, 0.15) is 28.3 Å². The van der Waals surface area contributed by atoms with Crippen LogP contribution in [0, 0.1) is 18.3 Å². The first-order chi connectivity index (χ1) is 15.9. The zero-order valence-corrected chi connectivity index (χ0v) is 19.1. The lowest BCUT2D eigenvalue weighted by Crippen LogP contribution is -2.33. The fraction of sp³-hybridized carbons (Fsp3) is 0.200. The molecule has 168 valence electrons. The van der Waals surface area contributed by atoms with E-state index in [2.05, 4.69) is 6.07 Å². The van der Waals surface area contributed by atoms with Crippen LogP contribution in [0.3, 0.4) is 0 Å². The molecule has 0 fully saturated rings. The topological polar surface area (TPSA) is 99.5 Å². The van der Waals surface area contributed by atoms with Crippen LogP contribution < -0.4 is 25.5 Å². The number of methoxy groups -OCH3 is 2. The maximum Gasteiger partial charge on any atom is 0.259 e. The van der Waals surface area contributed by atoms with Crippen LogP contribution in [0.5, 0.6) is 17.2 Å². The van der Waals surface area contributed by atoms with E-state index in [4.69, 9.17) is 31.5 Å². The Balaban J connectivity index is 1.89. The molecule has 33 heavy (non-hydrogen) atoms. The molecule has 0 bridgehead atoms. The number of aryl methyl sites for hydroxylation is 1. The molecule has 2 aromatic carbocycles. The molecule has 0 radical (unpaired) electrons. The summed E-state index contributed by atoms with van der Waals surface area (Å²) < 4.78 is 18.0. The maximum absolute atomic E-state index is 13.8. The predicted molar refractivity (Wildman–Crippen MR) is 125 cm³/mol. The Bertz CT molecular complexity index is 1370. The van der Waals surface area contributed by atoms with Crippen molar-refractivity contribution < 1.29 is 14.2 Å². The summed E-state index contributed by atoms with van der Waals surface area (Å²) in [5.74, 6) is 0.715. The summed E-state index contributed by atoms with van der Waals surface area (Å²) in [5, 5.41) is 10.3. The van der Waals surface area contributed by atoms with E-state index in [9.17, 15) is 10.1 Å². The van der Waals surface area contributed by atoms with Crippen molar-refractivity contribution >= 4 is 11.6 Å². The number of ether oxygens (including phenoxy) is 3. The average molecular weight is 464 g/mol. The van der Waals surface area contributed by atoms with Gasteiger partial charge in [0.2, 0.25) is 5.88 Å². The van der Waals surface area contributed by atoms with Crippen molar-refractivity contribution in [3.8, 4) is 23.3 Å². The summed E-state index contributed by atoms with van der Waals surface area (Å²) in [7, 11) is 3.13. The van der Waals surface area contributed by atoms with Gasteiger partial charge in [-0.25, -0.2) is 0 Å². The fourth-order valence-electron chi connectivity index (χ4n) is 4.06. The van der Waals surface area contributed by atoms with Crippen molar-refractivity contribution in [2.45, 2.75) is 19.4 Å². The van der Waals surface area contributed by atoms with Gasteiger partial charge < -0.3 is 24.5 Å². The van der Waals surface area contributed by atoms with Gasteiger partial charge in [-0.2, -0.15) is 5.26 Å². The SMILES string of the molecule is COc1ccc(Cn2c(C)cc3c(c2=O)C(c2ccccc2Cl)C(C#N)=C(N)O3)cc1OC. The fourth-order valence-corrected chi connectivity index (χ4v) is 4.31. The molecule has 1 aromatic heterocycles. The van der Waals surface area contributed by atoms with Gasteiger partial charge in [0.1, 0.15) is 17.4 Å². The van der Waals surface area contributed by atoms with Crippen LogP contribution >= 0.6 is 11.6 Å². The van der Waals surface area contributed by atoms with Crippen LogP contribution in [-0.2, 0) is 6.54 Å². The highest BCUT2D eigenvalue weighted by Crippen LogP contribution is 2.42. The molecule has 8 heteroatoms. The van der Waals surface area contributed by atoms with Crippen LogP contribution in [0.15, 0.2) is 64.8 Å². The van der Waals surface area contributed by atoms with E-state index in [1.54, 1.807) is 55.2 Å². The number of benzene rings is 2. The van der Waals surface area contributed by atoms with Crippen molar-refractivity contribution in [3.05, 3.63) is 97.7 Å². The van der Waals surface area contributed by atoms with Gasteiger partial charge in [0.15, 0.2) is 11.5 Å². The number of hydrogen-bond acceptors (Lipinski definition) is 6. The molecule has 1 aliphatic heterocycles. The number of halogens is 1. The summed E-state index contributed by atoms with van der Waals surface area (Å²) in [6, 6.07) is 16.4. The molecule has 0 aliphatic carbocycles. The normalized spacial score (nSPS) is 14.8. The molecular weight excluding hydrogens is 442 g/mol. The molecule has 0 saturated heterocycles. The van der Waals surface area contributed by atoms with Gasteiger partial charge in [-0.15, -0.1) is 0 Å². The minimum absolute atomic E-state index is 0.0358. The third-order valence-corrected chi connectivity index (χ3v) is 6.04. The number of hydrogen-bond donors (Lipinski definition) is 1. The van der Waals surface area contributed by atoms with Crippen molar-refractivity contribution in [1.29, 1.82) is 5.26 Å². The quantitative estimate of drug-likeness (QED) is 0.611. The van der Waals surface area contributed by atoms with Gasteiger partial charge >= 0.3 is 0 Å². The molecule has 1 aliphatic rings. The summed E-state index contributed by atoms with van der Waals surface area (Å²) in [6.07, 6.45) is 0. The smallest absolute Gasteiger partial charge is 0.259 e. The van der Waals surface area contributed by atoms with Crippen molar-refractivity contribution in [2.75, 3.05) is 14.2 Å². The molecule has 4 rings (SSSR count). The Morgan fingerprint density at radius 1 is 1.15 bits per heavy atom. The predicted octanol–water partition coefficient (Wildman–Crippen LogP) is 4.09. The highest BCUT2D eigenvalue weighted by atomic mass is 35.5. The summed E-state index contributed by atoms with van der Waals surface area (Å²) >= 11 is 6.46. The average Bonchev–Trinajstić information content (AvgIpc) is 2.81. The van der Waals surface area contributed by atoms with Crippen molar-refractivity contribution in [3.63, 3.8) is 0 Å². The van der Waals surface area contributed by atoms with E-state index in [1.807, 2.05) is 19.1 Å². The Morgan fingerprint density at radius 3 is 2.55 bits per heavy atom. The van der Waals surface area contributed by atoms with Crippen LogP contribution in [0.2, 0.25) is 5.02 Å². The van der Waals surface area contributed by atoms with Crippen LogP contribution in [0.25, 0.3) is 0 Å². The van der Waals surface area contributed by atoms with E-state index >= 15 is 0 Å². The monoisotopic (exact) mass is 463 g/mol. The van der Waals surface area contributed by atoms with E-state index in [-0.39, 0.29) is 23.6 Å². The minimum atomic E-state index is -0.739. The number of allylic oxidation sites excluding steroid dienone is 1. The largest absolute Gasteiger partial charge is 0.493 e. The number of nitriles is 1. The number of pyridine rings is 1. The molecule has 1 atom stereocenters. The third kappa shape index (κ3) is 3.90. The number of fused-ring (bicyclic) bond motifs is 1. The molecular formula is C25H22ClN3O4. The van der Waals surface area contributed by atoms with Crippen molar-refractivity contribution in [1.82, 2.24) is 4.57 Å². The second-order valence-electron chi connectivity index (χ2n) is 7.59. The van der Waals surface area contributed by atoms with Crippen LogP contribution in [-0.4, -0.2) is 18.8 Å². The Hall–Kier alpha value is -3.89. The highest BCUT2D eigenvalue weighted by molar-refractivity contribution is 6.31. The Kier molecular flexibility index (Phi) is 6.03. The number of aromatic nitrogens is 1. The molecule has 3 aromatic rings. The lowest BCUT2D eigenvalue weighted by atomic mass is 9.84. The molecule has 2 heterocycles. The maximum atomic E-state index is 13.8. The second kappa shape index (κ2) is 8.93. The number of nitrogens with zero attached hydrogens (tertiary/aromatic N) is 2. The molecule has 2 N–H and O–H groups in total. The number of nitrogens with two attached hydrogens (primary N) is 1. The lowest BCUT2D eigenvalue weighted by Gasteiger charge is -2.28. The lowest BCUT2D eigenvalue weighted by molar-refractivity contribution is 0.354. The molecule has 0 spiro atoms. The highest BCUT2D eigenvalue weighted by Gasteiger charge is 2.35. The molecule has 7 nitrogen and oxygen atoms in total. The molecule has 1 unspecified atom stereocenters. The first kappa shape index (κ1) is 22.3. The van der Waals surface area contributed by atoms with Gasteiger partial charge in [-0.3, -0.25) is 4.79 Å². The van der Waals surface area contributed by atoms with Gasteiger partial charge in [0.25, 0.3) is 5.56 Å².